The van der Waals surface area contributed by atoms with Crippen molar-refractivity contribution in [3.8, 4) is 0 Å². The summed E-state index contributed by atoms with van der Waals surface area (Å²) in [6, 6.07) is 11.8. The molecule has 0 bridgehead atoms. The Morgan fingerprint density at radius 2 is 1.58 bits per heavy atom. The third-order valence-electron chi connectivity index (χ3n) is 3.64. The zero-order valence-electron chi connectivity index (χ0n) is 11.2. The van der Waals surface area contributed by atoms with Crippen LogP contribution < -0.4 is 10.4 Å². The molecule has 0 spiro atoms. The van der Waals surface area contributed by atoms with Crippen LogP contribution in [0.2, 0.25) is 0 Å². The topological polar surface area (TPSA) is 31.2 Å². The quantitative estimate of drug-likeness (QED) is 0.624. The van der Waals surface area contributed by atoms with Gasteiger partial charge >= 0.3 is 0 Å². The molecule has 0 fully saturated rings. The Morgan fingerprint density at radius 3 is 2.26 bits per heavy atom. The number of benzene rings is 2. The highest BCUT2D eigenvalue weighted by molar-refractivity contribution is 6.05. The zero-order chi connectivity index (χ0) is 13.6. The highest BCUT2D eigenvalue weighted by atomic mass is 16.6. The summed E-state index contributed by atoms with van der Waals surface area (Å²) >= 11 is 0. The van der Waals surface area contributed by atoms with Crippen molar-refractivity contribution >= 4 is 21.7 Å². The van der Waals surface area contributed by atoms with Gasteiger partial charge in [-0.2, -0.15) is 0 Å². The van der Waals surface area contributed by atoms with Gasteiger partial charge in [-0.1, -0.05) is 24.3 Å². The number of fused-ring (bicyclic) bond motifs is 3. The molecule has 0 aliphatic carbocycles. The SMILES string of the molecule is COn1c(=O)c2cc(C)c(C)cc2c2ccccc21. The van der Waals surface area contributed by atoms with Crippen LogP contribution in [0.1, 0.15) is 11.1 Å². The second-order valence-corrected chi connectivity index (χ2v) is 4.78. The average Bonchev–Trinajstić information content (AvgIpc) is 2.42. The normalized spacial score (nSPS) is 11.1. The first kappa shape index (κ1) is 11.8. The second kappa shape index (κ2) is 4.12. The van der Waals surface area contributed by atoms with E-state index in [-0.39, 0.29) is 5.56 Å². The van der Waals surface area contributed by atoms with Crippen LogP contribution in [0.4, 0.5) is 0 Å². The molecule has 19 heavy (non-hydrogen) atoms. The molecular weight excluding hydrogens is 238 g/mol. The molecule has 0 radical (unpaired) electrons. The number of hydrogen-bond donors (Lipinski definition) is 0. The highest BCUT2D eigenvalue weighted by Gasteiger charge is 2.11. The summed E-state index contributed by atoms with van der Waals surface area (Å²) in [5.41, 5.74) is 2.99. The third-order valence-corrected chi connectivity index (χ3v) is 3.64. The standard InChI is InChI=1S/C16H15NO2/c1-10-8-13-12-6-4-5-7-15(12)17(19-3)16(18)14(13)9-11(10)2/h4-9H,1-3H3. The van der Waals surface area contributed by atoms with Gasteiger partial charge in [-0.3, -0.25) is 4.79 Å². The molecule has 3 aromatic rings. The van der Waals surface area contributed by atoms with Crippen molar-refractivity contribution in [2.24, 2.45) is 0 Å². The van der Waals surface area contributed by atoms with E-state index in [2.05, 4.69) is 13.0 Å². The molecule has 0 aliphatic heterocycles. The van der Waals surface area contributed by atoms with E-state index in [0.29, 0.717) is 5.39 Å². The summed E-state index contributed by atoms with van der Waals surface area (Å²) < 4.78 is 1.35. The zero-order valence-corrected chi connectivity index (χ0v) is 11.2. The van der Waals surface area contributed by atoms with Gasteiger partial charge in [0.2, 0.25) is 0 Å². The summed E-state index contributed by atoms with van der Waals surface area (Å²) in [5.74, 6) is 0. The van der Waals surface area contributed by atoms with Crippen molar-refractivity contribution in [2.45, 2.75) is 13.8 Å². The summed E-state index contributed by atoms with van der Waals surface area (Å²) in [7, 11) is 1.51. The fourth-order valence-corrected chi connectivity index (χ4v) is 2.49. The van der Waals surface area contributed by atoms with E-state index in [1.54, 1.807) is 0 Å². The number of hydrogen-bond acceptors (Lipinski definition) is 2. The van der Waals surface area contributed by atoms with Crippen molar-refractivity contribution in [2.75, 3.05) is 7.11 Å². The molecule has 0 unspecified atom stereocenters. The summed E-state index contributed by atoms with van der Waals surface area (Å²) in [4.78, 5) is 17.7. The maximum absolute atomic E-state index is 12.5. The predicted octanol–water partition coefficient (Wildman–Crippen LogP) is 2.83. The molecule has 0 N–H and O–H groups in total. The number of nitrogens with zero attached hydrogens (tertiary/aromatic N) is 1. The molecule has 0 amide bonds. The minimum atomic E-state index is -0.112. The van der Waals surface area contributed by atoms with Crippen molar-refractivity contribution in [3.05, 3.63) is 57.9 Å². The lowest BCUT2D eigenvalue weighted by Crippen LogP contribution is -2.25. The van der Waals surface area contributed by atoms with E-state index in [0.717, 1.165) is 21.9 Å². The minimum absolute atomic E-state index is 0.112. The van der Waals surface area contributed by atoms with Gasteiger partial charge in [-0.15, -0.1) is 4.73 Å². The number of aromatic nitrogens is 1. The van der Waals surface area contributed by atoms with Crippen LogP contribution in [-0.4, -0.2) is 11.8 Å². The Morgan fingerprint density at radius 1 is 0.947 bits per heavy atom. The Hall–Kier alpha value is -2.29. The molecule has 0 saturated heterocycles. The van der Waals surface area contributed by atoms with Gasteiger partial charge in [0.25, 0.3) is 5.56 Å². The van der Waals surface area contributed by atoms with Gasteiger partial charge < -0.3 is 4.84 Å². The van der Waals surface area contributed by atoms with Crippen LogP contribution >= 0.6 is 0 Å². The summed E-state index contributed by atoms with van der Waals surface area (Å²) in [6.07, 6.45) is 0. The van der Waals surface area contributed by atoms with Crippen LogP contribution in [0, 0.1) is 13.8 Å². The second-order valence-electron chi connectivity index (χ2n) is 4.78. The third kappa shape index (κ3) is 1.62. The number of aryl methyl sites for hydroxylation is 2. The highest BCUT2D eigenvalue weighted by Crippen LogP contribution is 2.24. The molecule has 2 aromatic carbocycles. The van der Waals surface area contributed by atoms with Crippen LogP contribution in [0.5, 0.6) is 0 Å². The lowest BCUT2D eigenvalue weighted by Gasteiger charge is -2.12. The number of pyridine rings is 1. The number of para-hydroxylation sites is 1. The summed E-state index contributed by atoms with van der Waals surface area (Å²) in [6.45, 7) is 4.08. The first-order valence-corrected chi connectivity index (χ1v) is 6.22. The average molecular weight is 253 g/mol. The van der Waals surface area contributed by atoms with Gasteiger partial charge in [0.15, 0.2) is 0 Å². The van der Waals surface area contributed by atoms with Gasteiger partial charge in [0.1, 0.15) is 7.11 Å². The molecule has 96 valence electrons. The van der Waals surface area contributed by atoms with Crippen LogP contribution in [-0.2, 0) is 0 Å². The number of rotatable bonds is 1. The van der Waals surface area contributed by atoms with Gasteiger partial charge in [0, 0.05) is 5.39 Å². The van der Waals surface area contributed by atoms with Crippen LogP contribution in [0.15, 0.2) is 41.2 Å². The lowest BCUT2D eigenvalue weighted by atomic mass is 10.0. The van der Waals surface area contributed by atoms with Gasteiger partial charge in [0.05, 0.1) is 10.9 Å². The van der Waals surface area contributed by atoms with E-state index in [9.17, 15) is 4.79 Å². The van der Waals surface area contributed by atoms with E-state index in [1.165, 1.54) is 17.4 Å². The van der Waals surface area contributed by atoms with Crippen molar-refractivity contribution in [1.82, 2.24) is 4.73 Å². The molecule has 0 aliphatic rings. The Kier molecular flexibility index (Phi) is 2.56. The summed E-state index contributed by atoms with van der Waals surface area (Å²) in [5, 5.41) is 2.71. The van der Waals surface area contributed by atoms with E-state index in [4.69, 9.17) is 4.84 Å². The first-order valence-electron chi connectivity index (χ1n) is 6.22. The molecular formula is C16H15NO2. The van der Waals surface area contributed by atoms with Crippen LogP contribution in [0.3, 0.4) is 0 Å². The lowest BCUT2D eigenvalue weighted by molar-refractivity contribution is 0.170. The Balaban J connectivity index is 2.66. The molecule has 1 aromatic heterocycles. The fraction of sp³-hybridized carbons (Fsp3) is 0.188. The molecule has 3 heteroatoms. The molecule has 0 atom stereocenters. The molecule has 3 rings (SSSR count). The van der Waals surface area contributed by atoms with Crippen molar-refractivity contribution in [1.29, 1.82) is 0 Å². The Labute approximate surface area is 111 Å². The van der Waals surface area contributed by atoms with Crippen molar-refractivity contribution < 1.29 is 4.84 Å². The van der Waals surface area contributed by atoms with E-state index in [1.807, 2.05) is 37.3 Å². The predicted molar refractivity (Wildman–Crippen MR) is 77.7 cm³/mol. The Bertz CT molecular complexity index is 847. The smallest absolute Gasteiger partial charge is 0.291 e. The first-order chi connectivity index (χ1) is 9.13. The van der Waals surface area contributed by atoms with Gasteiger partial charge in [-0.05, 0) is 42.5 Å². The van der Waals surface area contributed by atoms with Gasteiger partial charge in [-0.25, -0.2) is 0 Å². The van der Waals surface area contributed by atoms with Crippen LogP contribution in [0.25, 0.3) is 21.7 Å². The molecule has 3 nitrogen and oxygen atoms in total. The van der Waals surface area contributed by atoms with E-state index < -0.39 is 0 Å². The largest absolute Gasteiger partial charge is 0.413 e. The molecule has 0 saturated carbocycles. The molecule has 1 heterocycles. The maximum Gasteiger partial charge on any atom is 0.291 e. The monoisotopic (exact) mass is 253 g/mol. The fourth-order valence-electron chi connectivity index (χ4n) is 2.49. The van der Waals surface area contributed by atoms with E-state index >= 15 is 0 Å². The minimum Gasteiger partial charge on any atom is -0.413 e. The van der Waals surface area contributed by atoms with Crippen molar-refractivity contribution in [3.63, 3.8) is 0 Å². The maximum atomic E-state index is 12.5.